The lowest BCUT2D eigenvalue weighted by Crippen LogP contribution is -2.74. The monoisotopic (exact) mass is 300 g/mol. The number of Topliss-reactive ketones (excluding diaryl/α,β-unsaturated/α-hetero) is 1. The van der Waals surface area contributed by atoms with Crippen LogP contribution in [0.3, 0.4) is 0 Å². The van der Waals surface area contributed by atoms with Gasteiger partial charge in [0, 0.05) is 20.6 Å². The van der Waals surface area contributed by atoms with E-state index in [0.717, 1.165) is 32.1 Å². The maximum absolute atomic E-state index is 12.5. The molecule has 0 aromatic carbocycles. The average molecular weight is 300 g/mol. The van der Waals surface area contributed by atoms with E-state index in [2.05, 4.69) is 19.6 Å². The number of hydrogen-bond acceptors (Lipinski definition) is 4. The normalized spacial score (nSPS) is 38.6. The first-order chi connectivity index (χ1) is 9.31. The van der Waals surface area contributed by atoms with E-state index in [4.69, 9.17) is 13.9 Å². The van der Waals surface area contributed by atoms with Gasteiger partial charge in [0.15, 0.2) is 14.1 Å². The molecule has 3 unspecified atom stereocenters. The summed E-state index contributed by atoms with van der Waals surface area (Å²) in [5.41, 5.74) is -1.37. The molecule has 2 aliphatic rings. The molecule has 5 heteroatoms. The zero-order valence-electron chi connectivity index (χ0n) is 13.5. The van der Waals surface area contributed by atoms with Gasteiger partial charge in [-0.3, -0.25) is 4.79 Å². The molecule has 0 spiro atoms. The second-order valence-corrected chi connectivity index (χ2v) is 11.5. The third kappa shape index (κ3) is 2.38. The zero-order chi connectivity index (χ0) is 15.0. The van der Waals surface area contributed by atoms with Crippen molar-refractivity contribution in [2.75, 3.05) is 14.2 Å². The van der Waals surface area contributed by atoms with Crippen LogP contribution in [0.1, 0.15) is 38.5 Å². The average Bonchev–Trinajstić information content (AvgIpc) is 2.41. The van der Waals surface area contributed by atoms with E-state index in [-0.39, 0.29) is 11.9 Å². The zero-order valence-corrected chi connectivity index (χ0v) is 14.5. The number of carbonyl (C=O) groups excluding carboxylic acids is 1. The quantitative estimate of drug-likeness (QED) is 0.732. The van der Waals surface area contributed by atoms with Crippen LogP contribution < -0.4 is 0 Å². The molecule has 0 radical (unpaired) electrons. The highest BCUT2D eigenvalue weighted by molar-refractivity contribution is 6.70. The van der Waals surface area contributed by atoms with E-state index < -0.39 is 19.5 Å². The molecule has 0 bridgehead atoms. The Kier molecular flexibility index (Phi) is 4.45. The van der Waals surface area contributed by atoms with Crippen LogP contribution >= 0.6 is 0 Å². The summed E-state index contributed by atoms with van der Waals surface area (Å²) in [6.07, 6.45) is 5.29. The van der Waals surface area contributed by atoms with Crippen molar-refractivity contribution in [3.8, 4) is 0 Å². The van der Waals surface area contributed by atoms with Crippen LogP contribution in [-0.4, -0.2) is 45.6 Å². The molecule has 0 amide bonds. The highest BCUT2D eigenvalue weighted by Crippen LogP contribution is 2.52. The van der Waals surface area contributed by atoms with Gasteiger partial charge < -0.3 is 13.9 Å². The predicted molar refractivity (Wildman–Crippen MR) is 80.4 cm³/mol. The Bertz CT molecular complexity index is 379. The van der Waals surface area contributed by atoms with Crippen molar-refractivity contribution in [1.82, 2.24) is 0 Å². The highest BCUT2D eigenvalue weighted by Gasteiger charge is 2.67. The van der Waals surface area contributed by atoms with Gasteiger partial charge in [-0.2, -0.15) is 0 Å². The van der Waals surface area contributed by atoms with Crippen LogP contribution in [0.4, 0.5) is 0 Å². The molecule has 0 aliphatic heterocycles. The lowest BCUT2D eigenvalue weighted by molar-refractivity contribution is -0.241. The Balaban J connectivity index is 2.41. The Morgan fingerprint density at radius 2 is 1.85 bits per heavy atom. The van der Waals surface area contributed by atoms with Gasteiger partial charge in [-0.25, -0.2) is 0 Å². The Hall–Kier alpha value is -0.233. The maximum atomic E-state index is 12.5. The van der Waals surface area contributed by atoms with E-state index in [0.29, 0.717) is 6.42 Å². The van der Waals surface area contributed by atoms with E-state index >= 15 is 0 Å². The molecule has 0 aromatic heterocycles. The van der Waals surface area contributed by atoms with Crippen LogP contribution in [0.25, 0.3) is 0 Å². The summed E-state index contributed by atoms with van der Waals surface area (Å²) in [5.74, 6) is 0.200. The minimum Gasteiger partial charge on any atom is -0.403 e. The number of hydrogen-bond donors (Lipinski definition) is 0. The van der Waals surface area contributed by atoms with E-state index in [9.17, 15) is 4.79 Å². The fourth-order valence-corrected chi connectivity index (χ4v) is 5.33. The van der Waals surface area contributed by atoms with E-state index in [1.165, 1.54) is 0 Å². The van der Waals surface area contributed by atoms with Gasteiger partial charge >= 0.3 is 0 Å². The number of carbonyl (C=O) groups is 1. The van der Waals surface area contributed by atoms with Crippen LogP contribution in [0.2, 0.25) is 19.6 Å². The second-order valence-electron chi connectivity index (χ2n) is 7.03. The Morgan fingerprint density at radius 1 is 1.15 bits per heavy atom. The highest BCUT2D eigenvalue weighted by atomic mass is 28.4. The molecular formula is C15H28O4Si. The number of methoxy groups -OCH3 is 2. The van der Waals surface area contributed by atoms with Crippen molar-refractivity contribution < 1.29 is 18.7 Å². The summed E-state index contributed by atoms with van der Waals surface area (Å²) in [5, 5.41) is 0. The van der Waals surface area contributed by atoms with Crippen molar-refractivity contribution in [2.45, 2.75) is 75.5 Å². The first kappa shape index (κ1) is 16.1. The van der Waals surface area contributed by atoms with Crippen LogP contribution in [-0.2, 0) is 18.7 Å². The fraction of sp³-hybridized carbons (Fsp3) is 0.933. The lowest BCUT2D eigenvalue weighted by atomic mass is 9.60. The van der Waals surface area contributed by atoms with E-state index in [1.807, 2.05) is 0 Å². The standard InChI is InChI=1S/C15H28O4Si/c1-17-13-8-6-7-10-15(13,18-2)14(11-9-12(14)16)19-20(3,4)5/h13H,6-11H2,1-5H3. The largest absolute Gasteiger partial charge is 0.403 e. The number of rotatable bonds is 5. The second kappa shape index (κ2) is 5.52. The third-order valence-corrected chi connectivity index (χ3v) is 5.71. The summed E-state index contributed by atoms with van der Waals surface area (Å²) in [6.45, 7) is 6.40. The van der Waals surface area contributed by atoms with Crippen molar-refractivity contribution in [3.63, 3.8) is 0 Å². The molecule has 20 heavy (non-hydrogen) atoms. The van der Waals surface area contributed by atoms with Crippen molar-refractivity contribution in [3.05, 3.63) is 0 Å². The molecule has 0 saturated heterocycles. The molecule has 0 aromatic rings. The van der Waals surface area contributed by atoms with Crippen molar-refractivity contribution >= 4 is 14.1 Å². The molecule has 3 atom stereocenters. The maximum Gasteiger partial charge on any atom is 0.185 e. The SMILES string of the molecule is COC1CCCCC1(OC)C1(O[Si](C)(C)C)CCC1=O. The number of ketones is 1. The minimum absolute atomic E-state index is 0.0538. The van der Waals surface area contributed by atoms with Gasteiger partial charge in [-0.1, -0.05) is 12.8 Å². The molecule has 0 N–H and O–H groups in total. The molecule has 2 rings (SSSR count). The smallest absolute Gasteiger partial charge is 0.185 e. The molecule has 2 aliphatic carbocycles. The van der Waals surface area contributed by atoms with Crippen molar-refractivity contribution in [1.29, 1.82) is 0 Å². The van der Waals surface area contributed by atoms with Gasteiger partial charge in [0.25, 0.3) is 0 Å². The Labute approximate surface area is 123 Å². The summed E-state index contributed by atoms with van der Waals surface area (Å²) in [4.78, 5) is 12.5. The third-order valence-electron chi connectivity index (χ3n) is 4.75. The molecule has 4 nitrogen and oxygen atoms in total. The van der Waals surface area contributed by atoms with Crippen LogP contribution in [0.15, 0.2) is 0 Å². The van der Waals surface area contributed by atoms with Gasteiger partial charge in [-0.05, 0) is 38.9 Å². The first-order valence-electron chi connectivity index (χ1n) is 7.63. The minimum atomic E-state index is -1.85. The molecule has 2 fully saturated rings. The predicted octanol–water partition coefficient (Wildman–Crippen LogP) is 2.91. The fourth-order valence-electron chi connectivity index (χ4n) is 3.90. The van der Waals surface area contributed by atoms with Crippen molar-refractivity contribution in [2.24, 2.45) is 0 Å². The summed E-state index contributed by atoms with van der Waals surface area (Å²) in [6, 6.07) is 0. The molecule has 116 valence electrons. The summed E-state index contributed by atoms with van der Waals surface area (Å²) < 4.78 is 18.1. The molecule has 2 saturated carbocycles. The molecule has 0 heterocycles. The Morgan fingerprint density at radius 3 is 2.25 bits per heavy atom. The van der Waals surface area contributed by atoms with Gasteiger partial charge in [0.2, 0.25) is 0 Å². The first-order valence-corrected chi connectivity index (χ1v) is 11.0. The lowest BCUT2D eigenvalue weighted by Gasteiger charge is -2.58. The molecular weight excluding hydrogens is 272 g/mol. The van der Waals surface area contributed by atoms with Gasteiger partial charge in [0.1, 0.15) is 11.2 Å². The summed E-state index contributed by atoms with van der Waals surface area (Å²) in [7, 11) is 1.57. The topological polar surface area (TPSA) is 44.8 Å². The van der Waals surface area contributed by atoms with Crippen LogP contribution in [0, 0.1) is 0 Å². The van der Waals surface area contributed by atoms with Gasteiger partial charge in [-0.15, -0.1) is 0 Å². The number of ether oxygens (including phenoxy) is 2. The van der Waals surface area contributed by atoms with E-state index in [1.54, 1.807) is 14.2 Å². The van der Waals surface area contributed by atoms with Gasteiger partial charge in [0.05, 0.1) is 6.10 Å². The summed E-state index contributed by atoms with van der Waals surface area (Å²) >= 11 is 0. The van der Waals surface area contributed by atoms with Crippen LogP contribution in [0.5, 0.6) is 0 Å².